The van der Waals surface area contributed by atoms with Gasteiger partial charge in [0.05, 0.1) is 33.9 Å². The molecule has 4 fully saturated rings. The number of halogens is 2. The van der Waals surface area contributed by atoms with Gasteiger partial charge in [-0.15, -0.1) is 0 Å². The van der Waals surface area contributed by atoms with Crippen LogP contribution in [0.5, 0.6) is 5.75 Å². The first-order valence-electron chi connectivity index (χ1n) is 14.8. The Labute approximate surface area is 248 Å². The second kappa shape index (κ2) is 9.76. The molecule has 3 aliphatic carbocycles. The third-order valence-electron chi connectivity index (χ3n) is 10.7. The van der Waals surface area contributed by atoms with Crippen LogP contribution >= 0.6 is 11.6 Å². The predicted octanol–water partition coefficient (Wildman–Crippen LogP) is 5.75. The quantitative estimate of drug-likeness (QED) is 0.363. The summed E-state index contributed by atoms with van der Waals surface area (Å²) in [5.41, 5.74) is 0.206. The molecule has 42 heavy (non-hydrogen) atoms. The largest absolute Gasteiger partial charge is 0.508 e. The Balaban J connectivity index is 1.35. The number of hydrogen-bond donors (Lipinski definition) is 1. The van der Waals surface area contributed by atoms with Crippen molar-refractivity contribution < 1.29 is 28.7 Å². The molecular weight excluding hydrogens is 559 g/mol. The van der Waals surface area contributed by atoms with E-state index in [9.17, 15) is 28.7 Å². The molecule has 0 radical (unpaired) electrons. The molecule has 7 rings (SSSR count). The topological polar surface area (TPSA) is 95.0 Å². The van der Waals surface area contributed by atoms with Gasteiger partial charge < -0.3 is 5.11 Å². The van der Waals surface area contributed by atoms with E-state index in [4.69, 9.17) is 11.6 Å². The first-order chi connectivity index (χ1) is 20.1. The summed E-state index contributed by atoms with van der Waals surface area (Å²) in [7, 11) is 0. The lowest BCUT2D eigenvalue weighted by Crippen LogP contribution is -2.49. The van der Waals surface area contributed by atoms with Gasteiger partial charge in [0.2, 0.25) is 23.6 Å². The molecule has 0 bridgehead atoms. The van der Waals surface area contributed by atoms with Gasteiger partial charge >= 0.3 is 0 Å². The summed E-state index contributed by atoms with van der Waals surface area (Å²) in [6.45, 7) is 1.75. The van der Waals surface area contributed by atoms with Crippen molar-refractivity contribution in [2.45, 2.75) is 63.8 Å². The predicted molar refractivity (Wildman–Crippen MR) is 153 cm³/mol. The molecule has 2 aromatic rings. The van der Waals surface area contributed by atoms with Gasteiger partial charge in [0.1, 0.15) is 11.6 Å². The summed E-state index contributed by atoms with van der Waals surface area (Å²) in [6, 6.07) is 10.4. The minimum atomic E-state index is -1.29. The summed E-state index contributed by atoms with van der Waals surface area (Å²) in [6.07, 6.45) is 7.27. The number of aromatic hydroxyl groups is 1. The number of carbonyl (C=O) groups excluding carboxylic acids is 4. The molecule has 2 saturated heterocycles. The number of amides is 4. The van der Waals surface area contributed by atoms with E-state index in [0.29, 0.717) is 12.0 Å². The zero-order chi connectivity index (χ0) is 29.5. The number of allylic oxidation sites excluding steroid dienone is 2. The van der Waals surface area contributed by atoms with E-state index in [-0.39, 0.29) is 40.7 Å². The van der Waals surface area contributed by atoms with Gasteiger partial charge in [-0.25, -0.2) is 9.29 Å². The van der Waals surface area contributed by atoms with Crippen LogP contribution in [0.15, 0.2) is 54.1 Å². The molecule has 2 saturated carbocycles. The Kier molecular flexibility index (Phi) is 6.35. The van der Waals surface area contributed by atoms with Crippen molar-refractivity contribution in [3.63, 3.8) is 0 Å². The second-order valence-corrected chi connectivity index (χ2v) is 13.1. The van der Waals surface area contributed by atoms with E-state index >= 15 is 0 Å². The third kappa shape index (κ3) is 3.70. The minimum absolute atomic E-state index is 0.00710. The molecule has 2 aromatic carbocycles. The highest BCUT2D eigenvalue weighted by Gasteiger charge is 2.68. The Hall–Kier alpha value is -3.52. The van der Waals surface area contributed by atoms with Crippen LogP contribution < -0.4 is 4.90 Å². The van der Waals surface area contributed by atoms with Gasteiger partial charge in [-0.3, -0.25) is 24.1 Å². The first kappa shape index (κ1) is 27.3. The number of para-hydroxylation sites is 1. The van der Waals surface area contributed by atoms with Crippen LogP contribution in [0.1, 0.15) is 63.4 Å². The Morgan fingerprint density at radius 1 is 0.952 bits per heavy atom. The van der Waals surface area contributed by atoms with Crippen LogP contribution in [0, 0.1) is 34.9 Å². The van der Waals surface area contributed by atoms with Crippen LogP contribution in [-0.2, 0) is 19.2 Å². The number of phenolic OH excluding ortho intramolecular Hbond substituents is 1. The fourth-order valence-corrected chi connectivity index (χ4v) is 8.86. The van der Waals surface area contributed by atoms with E-state index in [0.717, 1.165) is 48.6 Å². The molecule has 4 amide bonds. The molecule has 0 aromatic heterocycles. The van der Waals surface area contributed by atoms with Gasteiger partial charge in [-0.2, -0.15) is 0 Å². The van der Waals surface area contributed by atoms with E-state index in [1.807, 2.05) is 6.08 Å². The fourth-order valence-electron chi connectivity index (χ4n) is 8.68. The smallest absolute Gasteiger partial charge is 0.241 e. The van der Waals surface area contributed by atoms with E-state index in [1.165, 1.54) is 17.0 Å². The number of rotatable bonds is 3. The van der Waals surface area contributed by atoms with Crippen molar-refractivity contribution in [1.82, 2.24) is 4.90 Å². The summed E-state index contributed by atoms with van der Waals surface area (Å²) >= 11 is 6.05. The lowest BCUT2D eigenvalue weighted by atomic mass is 9.51. The minimum Gasteiger partial charge on any atom is -0.508 e. The van der Waals surface area contributed by atoms with Gasteiger partial charge in [-0.1, -0.05) is 60.7 Å². The first-order valence-corrected chi connectivity index (χ1v) is 15.2. The lowest BCUT2D eigenvalue weighted by Gasteiger charge is -2.49. The molecule has 0 unspecified atom stereocenters. The average molecular weight is 591 g/mol. The highest BCUT2D eigenvalue weighted by molar-refractivity contribution is 6.31. The molecule has 2 heterocycles. The Morgan fingerprint density at radius 2 is 1.69 bits per heavy atom. The zero-order valence-electron chi connectivity index (χ0n) is 23.3. The number of anilines is 1. The number of hydrogen-bond acceptors (Lipinski definition) is 5. The maximum absolute atomic E-state index is 14.4. The molecule has 5 aliphatic rings. The van der Waals surface area contributed by atoms with Crippen molar-refractivity contribution in [3.8, 4) is 5.75 Å². The van der Waals surface area contributed by atoms with Crippen LogP contribution in [0.25, 0.3) is 0 Å². The number of likely N-dealkylation sites (tertiary alicyclic amines) is 1. The number of nitrogens with zero attached hydrogens (tertiary/aromatic N) is 2. The Bertz CT molecular complexity index is 1570. The van der Waals surface area contributed by atoms with E-state index < -0.39 is 52.6 Å². The highest BCUT2D eigenvalue weighted by Crippen LogP contribution is 2.64. The van der Waals surface area contributed by atoms with Crippen molar-refractivity contribution >= 4 is 40.9 Å². The van der Waals surface area contributed by atoms with Gasteiger partial charge in [0.25, 0.3) is 0 Å². The molecule has 2 aliphatic heterocycles. The fraction of sp³-hybridized carbons (Fsp3) is 0.455. The van der Waals surface area contributed by atoms with Gasteiger partial charge in [-0.05, 0) is 62.8 Å². The summed E-state index contributed by atoms with van der Waals surface area (Å²) < 4.78 is 14.0. The molecule has 7 nitrogen and oxygen atoms in total. The van der Waals surface area contributed by atoms with Crippen LogP contribution in [0.2, 0.25) is 5.02 Å². The maximum atomic E-state index is 14.4. The van der Waals surface area contributed by atoms with Crippen molar-refractivity contribution in [3.05, 3.63) is 70.5 Å². The Morgan fingerprint density at radius 3 is 2.40 bits per heavy atom. The van der Waals surface area contributed by atoms with E-state index in [1.54, 1.807) is 31.2 Å². The van der Waals surface area contributed by atoms with E-state index in [2.05, 4.69) is 0 Å². The monoisotopic (exact) mass is 590 g/mol. The molecule has 0 spiro atoms. The zero-order valence-corrected chi connectivity index (χ0v) is 24.0. The van der Waals surface area contributed by atoms with Crippen molar-refractivity contribution in [1.29, 1.82) is 0 Å². The third-order valence-corrected chi connectivity index (χ3v) is 10.9. The standard InChI is InChI=1S/C33H32ClFN2O5/c1-33-23(30(40)37(32(33)42)18-11-14-25(35)24(34)15-18)16-22-19(28(33)20-9-5-6-10-26(20)38)12-13-21-27(22)31(41)36(29(21)39)17-7-3-2-4-8-17/h5-6,9-12,14-15,17,21-23,27-28,38H,2-4,7-8,13,16H2,1H3/t21-,22+,23-,27-,28+,33+/m0/s1. The molecule has 9 heteroatoms. The van der Waals surface area contributed by atoms with Crippen LogP contribution in [-0.4, -0.2) is 39.7 Å². The van der Waals surface area contributed by atoms with Gasteiger partial charge in [0.15, 0.2) is 0 Å². The number of imide groups is 2. The number of carbonyl (C=O) groups is 4. The maximum Gasteiger partial charge on any atom is 0.241 e. The molecule has 1 N–H and O–H groups in total. The number of fused-ring (bicyclic) bond motifs is 4. The molecule has 6 atom stereocenters. The molecule has 218 valence electrons. The normalized spacial score (nSPS) is 33.0. The van der Waals surface area contributed by atoms with Crippen molar-refractivity contribution in [2.75, 3.05) is 4.90 Å². The van der Waals surface area contributed by atoms with Crippen LogP contribution in [0.4, 0.5) is 10.1 Å². The summed E-state index contributed by atoms with van der Waals surface area (Å²) in [4.78, 5) is 58.9. The molecular formula is C33H32ClFN2O5. The average Bonchev–Trinajstić information content (AvgIpc) is 3.35. The van der Waals surface area contributed by atoms with Crippen molar-refractivity contribution in [2.24, 2.45) is 29.1 Å². The number of benzene rings is 2. The summed E-state index contributed by atoms with van der Waals surface area (Å²) in [5.74, 6) is -4.97. The lowest BCUT2D eigenvalue weighted by molar-refractivity contribution is -0.144. The SMILES string of the molecule is C[C@@]12C(=O)N(c3ccc(F)c(Cl)c3)C(=O)[C@@H]1C[C@@H]1C(=CC[C@@H]3C(=O)N(C4CCCCC4)C(=O)[C@@H]31)[C@@H]2c1ccccc1O. The highest BCUT2D eigenvalue weighted by atomic mass is 35.5. The number of phenols is 1. The summed E-state index contributed by atoms with van der Waals surface area (Å²) in [5, 5.41) is 10.9. The van der Waals surface area contributed by atoms with Gasteiger partial charge in [0, 0.05) is 17.5 Å². The van der Waals surface area contributed by atoms with Crippen LogP contribution in [0.3, 0.4) is 0 Å². The second-order valence-electron chi connectivity index (χ2n) is 12.7.